The van der Waals surface area contributed by atoms with Gasteiger partial charge in [-0.1, -0.05) is 6.07 Å². The zero-order chi connectivity index (χ0) is 18.6. The van der Waals surface area contributed by atoms with Gasteiger partial charge in [0.15, 0.2) is 0 Å². The van der Waals surface area contributed by atoms with E-state index >= 15 is 0 Å². The average molecular weight is 348 g/mol. The fourth-order valence-electron chi connectivity index (χ4n) is 2.87. The number of ether oxygens (including phenoxy) is 2. The predicted molar refractivity (Wildman–Crippen MR) is 96.9 cm³/mol. The van der Waals surface area contributed by atoms with Crippen LogP contribution in [-0.2, 0) is 9.53 Å². The maximum absolute atomic E-state index is 12.2. The van der Waals surface area contributed by atoms with Gasteiger partial charge in [0, 0.05) is 24.2 Å². The molecule has 0 heterocycles. The first-order valence-electron chi connectivity index (χ1n) is 8.60. The minimum Gasteiger partial charge on any atom is -0.496 e. The summed E-state index contributed by atoms with van der Waals surface area (Å²) in [6.45, 7) is 7.46. The Hall–Kier alpha value is -2.24. The second-order valence-electron chi connectivity index (χ2n) is 7.62. The summed E-state index contributed by atoms with van der Waals surface area (Å²) in [7, 11) is 1.61. The third kappa shape index (κ3) is 5.96. The van der Waals surface area contributed by atoms with E-state index in [-0.39, 0.29) is 17.9 Å². The van der Waals surface area contributed by atoms with Crippen LogP contribution in [0, 0.1) is 12.8 Å². The zero-order valence-corrected chi connectivity index (χ0v) is 15.6. The van der Waals surface area contributed by atoms with Gasteiger partial charge in [-0.25, -0.2) is 4.79 Å². The van der Waals surface area contributed by atoms with Crippen LogP contribution in [0.3, 0.4) is 0 Å². The van der Waals surface area contributed by atoms with Crippen molar-refractivity contribution in [2.24, 2.45) is 5.92 Å². The van der Waals surface area contributed by atoms with Crippen LogP contribution in [0.2, 0.25) is 0 Å². The Kier molecular flexibility index (Phi) is 5.93. The molecule has 0 bridgehead atoms. The molecule has 1 saturated carbocycles. The first-order chi connectivity index (χ1) is 11.7. The lowest BCUT2D eigenvalue weighted by molar-refractivity contribution is -0.117. The molecule has 0 aliphatic heterocycles. The fourth-order valence-corrected chi connectivity index (χ4v) is 2.87. The van der Waals surface area contributed by atoms with Crippen molar-refractivity contribution in [3.05, 3.63) is 23.8 Å². The highest BCUT2D eigenvalue weighted by molar-refractivity contribution is 5.91. The van der Waals surface area contributed by atoms with Crippen LogP contribution in [0.25, 0.3) is 0 Å². The Morgan fingerprint density at radius 2 is 1.92 bits per heavy atom. The summed E-state index contributed by atoms with van der Waals surface area (Å²) in [6.07, 6.45) is 1.64. The maximum atomic E-state index is 12.2. The number of rotatable bonds is 5. The van der Waals surface area contributed by atoms with Crippen molar-refractivity contribution in [2.75, 3.05) is 12.4 Å². The third-order valence-corrected chi connectivity index (χ3v) is 4.12. The highest BCUT2D eigenvalue weighted by Crippen LogP contribution is 2.31. The van der Waals surface area contributed by atoms with E-state index in [1.807, 2.05) is 45.9 Å². The molecule has 0 unspecified atom stereocenters. The highest BCUT2D eigenvalue weighted by atomic mass is 16.6. The lowest BCUT2D eigenvalue weighted by Crippen LogP contribution is -2.46. The number of alkyl carbamates (subject to hydrolysis) is 1. The van der Waals surface area contributed by atoms with Gasteiger partial charge in [-0.3, -0.25) is 4.79 Å². The first-order valence-corrected chi connectivity index (χ1v) is 8.60. The summed E-state index contributed by atoms with van der Waals surface area (Å²) in [6, 6.07) is 5.69. The number of carbonyl (C=O) groups excluding carboxylic acids is 2. The molecule has 0 radical (unpaired) electrons. The van der Waals surface area contributed by atoms with Crippen LogP contribution in [0.5, 0.6) is 5.75 Å². The van der Waals surface area contributed by atoms with Gasteiger partial charge in [-0.05, 0) is 58.1 Å². The van der Waals surface area contributed by atoms with Crippen LogP contribution in [0.4, 0.5) is 10.5 Å². The number of anilines is 1. The van der Waals surface area contributed by atoms with Crippen molar-refractivity contribution in [3.63, 3.8) is 0 Å². The molecule has 2 amide bonds. The molecule has 6 nitrogen and oxygen atoms in total. The normalized spacial score (nSPS) is 19.6. The SMILES string of the molecule is COc1cc(NC(=O)CC2CC(NC(=O)OC(C)(C)C)C2)ccc1C. The van der Waals surface area contributed by atoms with Gasteiger partial charge in [-0.2, -0.15) is 0 Å². The number of aryl methyl sites for hydroxylation is 1. The Bertz CT molecular complexity index is 631. The first kappa shape index (κ1) is 19.1. The minimum atomic E-state index is -0.498. The quantitative estimate of drug-likeness (QED) is 0.852. The van der Waals surface area contributed by atoms with Crippen molar-refractivity contribution in [1.29, 1.82) is 0 Å². The van der Waals surface area contributed by atoms with Gasteiger partial charge in [0.25, 0.3) is 0 Å². The summed E-state index contributed by atoms with van der Waals surface area (Å²) < 4.78 is 10.5. The Morgan fingerprint density at radius 1 is 1.24 bits per heavy atom. The van der Waals surface area contributed by atoms with Gasteiger partial charge >= 0.3 is 6.09 Å². The average Bonchev–Trinajstić information content (AvgIpc) is 2.45. The lowest BCUT2D eigenvalue weighted by atomic mass is 9.78. The number of hydrogen-bond donors (Lipinski definition) is 2. The molecular weight excluding hydrogens is 320 g/mol. The molecule has 1 aromatic rings. The smallest absolute Gasteiger partial charge is 0.407 e. The molecule has 138 valence electrons. The van der Waals surface area contributed by atoms with Crippen molar-refractivity contribution < 1.29 is 19.1 Å². The van der Waals surface area contributed by atoms with Gasteiger partial charge in [-0.15, -0.1) is 0 Å². The van der Waals surface area contributed by atoms with Crippen LogP contribution in [-0.4, -0.2) is 30.8 Å². The van der Waals surface area contributed by atoms with E-state index in [1.165, 1.54) is 0 Å². The Balaban J connectivity index is 1.72. The number of amides is 2. The molecule has 2 N–H and O–H groups in total. The number of methoxy groups -OCH3 is 1. The van der Waals surface area contributed by atoms with E-state index in [4.69, 9.17) is 9.47 Å². The summed E-state index contributed by atoms with van der Waals surface area (Å²) in [5.41, 5.74) is 1.26. The molecule has 2 rings (SSSR count). The molecule has 6 heteroatoms. The highest BCUT2D eigenvalue weighted by Gasteiger charge is 2.32. The van der Waals surface area contributed by atoms with Crippen LogP contribution in [0.15, 0.2) is 18.2 Å². The van der Waals surface area contributed by atoms with Crippen molar-refractivity contribution in [1.82, 2.24) is 5.32 Å². The summed E-state index contributed by atoms with van der Waals surface area (Å²) in [5, 5.41) is 5.74. The van der Waals surface area contributed by atoms with Crippen molar-refractivity contribution in [2.45, 2.75) is 58.6 Å². The van der Waals surface area contributed by atoms with E-state index in [0.29, 0.717) is 6.42 Å². The van der Waals surface area contributed by atoms with Crippen molar-refractivity contribution in [3.8, 4) is 5.75 Å². The van der Waals surface area contributed by atoms with Crippen LogP contribution < -0.4 is 15.4 Å². The lowest BCUT2D eigenvalue weighted by Gasteiger charge is -2.35. The van der Waals surface area contributed by atoms with Crippen LogP contribution in [0.1, 0.15) is 45.6 Å². The summed E-state index contributed by atoms with van der Waals surface area (Å²) >= 11 is 0. The van der Waals surface area contributed by atoms with Gasteiger partial charge < -0.3 is 20.1 Å². The second-order valence-corrected chi connectivity index (χ2v) is 7.62. The minimum absolute atomic E-state index is 0.0216. The number of carbonyl (C=O) groups is 2. The molecule has 0 atom stereocenters. The molecule has 0 spiro atoms. The van der Waals surface area contributed by atoms with Crippen molar-refractivity contribution >= 4 is 17.7 Å². The van der Waals surface area contributed by atoms with Gasteiger partial charge in [0.2, 0.25) is 5.91 Å². The Labute approximate surface area is 149 Å². The van der Waals surface area contributed by atoms with Crippen LogP contribution >= 0.6 is 0 Å². The molecule has 25 heavy (non-hydrogen) atoms. The standard InChI is InChI=1S/C19H28N2O4/c1-12-6-7-14(11-16(12)24-5)20-17(22)10-13-8-15(9-13)21-18(23)25-19(2,3)4/h6-7,11,13,15H,8-10H2,1-5H3,(H,20,22)(H,21,23). The van der Waals surface area contributed by atoms with Gasteiger partial charge in [0.05, 0.1) is 7.11 Å². The molecule has 1 aromatic carbocycles. The van der Waals surface area contributed by atoms with E-state index in [1.54, 1.807) is 7.11 Å². The summed E-state index contributed by atoms with van der Waals surface area (Å²) in [4.78, 5) is 23.8. The topological polar surface area (TPSA) is 76.7 Å². The second kappa shape index (κ2) is 7.76. The molecule has 1 aliphatic carbocycles. The number of nitrogens with one attached hydrogen (secondary N) is 2. The molecule has 1 fully saturated rings. The third-order valence-electron chi connectivity index (χ3n) is 4.12. The van der Waals surface area contributed by atoms with E-state index < -0.39 is 11.7 Å². The largest absolute Gasteiger partial charge is 0.496 e. The predicted octanol–water partition coefficient (Wildman–Crippen LogP) is 3.64. The fraction of sp³-hybridized carbons (Fsp3) is 0.579. The molecule has 0 aromatic heterocycles. The van der Waals surface area contributed by atoms with Gasteiger partial charge in [0.1, 0.15) is 11.4 Å². The molecular formula is C19H28N2O4. The summed E-state index contributed by atoms with van der Waals surface area (Å²) in [5.74, 6) is 1.02. The monoisotopic (exact) mass is 348 g/mol. The number of hydrogen-bond acceptors (Lipinski definition) is 4. The maximum Gasteiger partial charge on any atom is 0.407 e. The van der Waals surface area contributed by atoms with E-state index in [9.17, 15) is 9.59 Å². The zero-order valence-electron chi connectivity index (χ0n) is 15.6. The van der Waals surface area contributed by atoms with E-state index in [0.717, 1.165) is 29.8 Å². The molecule has 0 saturated heterocycles. The van der Waals surface area contributed by atoms with E-state index in [2.05, 4.69) is 10.6 Å². The number of benzene rings is 1. The Morgan fingerprint density at radius 3 is 2.52 bits per heavy atom. The molecule has 1 aliphatic rings.